The lowest BCUT2D eigenvalue weighted by Crippen LogP contribution is -3.12. The Kier molecular flexibility index (Phi) is 5.52. The van der Waals surface area contributed by atoms with Gasteiger partial charge in [-0.2, -0.15) is 0 Å². The van der Waals surface area contributed by atoms with Crippen molar-refractivity contribution in [1.29, 1.82) is 0 Å². The number of nitrogens with zero attached hydrogens (tertiary/aromatic N) is 3. The zero-order valence-electron chi connectivity index (χ0n) is 18.1. The van der Waals surface area contributed by atoms with Crippen LogP contribution in [0.4, 0.5) is 11.5 Å². The molecule has 0 bridgehead atoms. The molecular weight excluding hydrogens is 398 g/mol. The number of hydrogen-bond acceptors (Lipinski definition) is 4. The number of likely N-dealkylation sites (N-methyl/N-ethyl adjacent to an activating group) is 1. The number of hydrogen-bond donors (Lipinski definition) is 2. The fourth-order valence-corrected chi connectivity index (χ4v) is 4.06. The summed E-state index contributed by atoms with van der Waals surface area (Å²) >= 11 is 0. The standard InChI is InChI=1S/C26H25N5O/c1-30-13-15-31(16-14-30)25-12-11-24(28-29-25)21-7-4-8-23(18-21)27-26(32)22-10-9-19-5-2-3-6-20(19)17-22/h2-12,17-18H,13-16H2,1H3,(H,27,32)/p+1. The van der Waals surface area contributed by atoms with Gasteiger partial charge in [-0.05, 0) is 47.2 Å². The predicted octanol–water partition coefficient (Wildman–Crippen LogP) is 2.88. The van der Waals surface area contributed by atoms with Gasteiger partial charge in [0.15, 0.2) is 5.82 Å². The van der Waals surface area contributed by atoms with Crippen LogP contribution in [0.25, 0.3) is 22.0 Å². The number of nitrogens with one attached hydrogen (secondary N) is 2. The molecule has 0 radical (unpaired) electrons. The van der Waals surface area contributed by atoms with E-state index in [-0.39, 0.29) is 5.91 Å². The van der Waals surface area contributed by atoms with Crippen LogP contribution < -0.4 is 15.1 Å². The first-order chi connectivity index (χ1) is 15.7. The Morgan fingerprint density at radius 1 is 0.875 bits per heavy atom. The van der Waals surface area contributed by atoms with Gasteiger partial charge in [0.1, 0.15) is 0 Å². The van der Waals surface area contributed by atoms with Crippen LogP contribution in [0.2, 0.25) is 0 Å². The van der Waals surface area contributed by atoms with E-state index in [0.29, 0.717) is 5.56 Å². The summed E-state index contributed by atoms with van der Waals surface area (Å²) in [7, 11) is 2.22. The number of anilines is 2. The molecule has 1 amide bonds. The van der Waals surface area contributed by atoms with E-state index in [1.807, 2.05) is 78.9 Å². The summed E-state index contributed by atoms with van der Waals surface area (Å²) in [5, 5.41) is 14.1. The summed E-state index contributed by atoms with van der Waals surface area (Å²) < 4.78 is 0. The minimum absolute atomic E-state index is 0.133. The maximum atomic E-state index is 12.8. The predicted molar refractivity (Wildman–Crippen MR) is 128 cm³/mol. The zero-order valence-corrected chi connectivity index (χ0v) is 18.1. The molecule has 160 valence electrons. The Bertz CT molecular complexity index is 1250. The fraction of sp³-hybridized carbons (Fsp3) is 0.192. The van der Waals surface area contributed by atoms with E-state index in [4.69, 9.17) is 0 Å². The quantitative estimate of drug-likeness (QED) is 0.529. The van der Waals surface area contributed by atoms with Gasteiger partial charge < -0.3 is 15.1 Å². The number of quaternary nitrogens is 1. The average molecular weight is 425 g/mol. The second-order valence-electron chi connectivity index (χ2n) is 8.32. The van der Waals surface area contributed by atoms with E-state index in [0.717, 1.165) is 59.7 Å². The monoisotopic (exact) mass is 424 g/mol. The smallest absolute Gasteiger partial charge is 0.255 e. The number of piperazine rings is 1. The van der Waals surface area contributed by atoms with Gasteiger partial charge in [-0.25, -0.2) is 0 Å². The van der Waals surface area contributed by atoms with Crippen molar-refractivity contribution in [2.24, 2.45) is 0 Å². The molecule has 32 heavy (non-hydrogen) atoms. The lowest BCUT2D eigenvalue weighted by molar-refractivity contribution is -0.880. The van der Waals surface area contributed by atoms with Crippen molar-refractivity contribution in [3.63, 3.8) is 0 Å². The van der Waals surface area contributed by atoms with Crippen molar-refractivity contribution in [3.8, 4) is 11.3 Å². The maximum absolute atomic E-state index is 12.8. The van der Waals surface area contributed by atoms with Crippen LogP contribution in [0.15, 0.2) is 78.9 Å². The summed E-state index contributed by atoms with van der Waals surface area (Å²) in [6.07, 6.45) is 0. The molecule has 5 rings (SSSR count). The third-order valence-corrected chi connectivity index (χ3v) is 6.02. The highest BCUT2D eigenvalue weighted by Crippen LogP contribution is 2.23. The topological polar surface area (TPSA) is 62.6 Å². The number of benzene rings is 3. The van der Waals surface area contributed by atoms with E-state index in [2.05, 4.69) is 27.5 Å². The van der Waals surface area contributed by atoms with E-state index >= 15 is 0 Å². The minimum atomic E-state index is -0.133. The third-order valence-electron chi connectivity index (χ3n) is 6.02. The van der Waals surface area contributed by atoms with Crippen molar-refractivity contribution in [1.82, 2.24) is 10.2 Å². The zero-order chi connectivity index (χ0) is 21.9. The molecule has 1 aliphatic rings. The summed E-state index contributed by atoms with van der Waals surface area (Å²) in [5.74, 6) is 0.786. The Hall–Kier alpha value is -3.77. The first-order valence-corrected chi connectivity index (χ1v) is 11.0. The highest BCUT2D eigenvalue weighted by molar-refractivity contribution is 6.06. The normalized spacial score (nSPS) is 14.5. The van der Waals surface area contributed by atoms with Gasteiger partial charge in [0.05, 0.1) is 38.9 Å². The molecule has 0 atom stereocenters. The lowest BCUT2D eigenvalue weighted by Gasteiger charge is -2.30. The first-order valence-electron chi connectivity index (χ1n) is 11.0. The van der Waals surface area contributed by atoms with Gasteiger partial charge in [0.2, 0.25) is 0 Å². The first kappa shape index (κ1) is 20.2. The van der Waals surface area contributed by atoms with Crippen LogP contribution >= 0.6 is 0 Å². The molecule has 1 aliphatic heterocycles. The van der Waals surface area contributed by atoms with Gasteiger partial charge in [-0.15, -0.1) is 10.2 Å². The molecule has 3 aromatic carbocycles. The van der Waals surface area contributed by atoms with Crippen LogP contribution in [0, 0.1) is 0 Å². The second-order valence-corrected chi connectivity index (χ2v) is 8.32. The molecule has 2 N–H and O–H groups in total. The van der Waals surface area contributed by atoms with Gasteiger partial charge in [0.25, 0.3) is 5.91 Å². The van der Waals surface area contributed by atoms with Crippen LogP contribution in [0.5, 0.6) is 0 Å². The highest BCUT2D eigenvalue weighted by Gasteiger charge is 2.18. The number of aromatic nitrogens is 2. The fourth-order valence-electron chi connectivity index (χ4n) is 4.06. The van der Waals surface area contributed by atoms with Crippen molar-refractivity contribution in [3.05, 3.63) is 84.4 Å². The summed E-state index contributed by atoms with van der Waals surface area (Å²) in [4.78, 5) is 16.6. The van der Waals surface area contributed by atoms with Gasteiger partial charge >= 0.3 is 0 Å². The second kappa shape index (κ2) is 8.77. The Morgan fingerprint density at radius 3 is 2.47 bits per heavy atom. The Balaban J connectivity index is 1.31. The van der Waals surface area contributed by atoms with Gasteiger partial charge in [-0.3, -0.25) is 4.79 Å². The Labute approximate surface area is 187 Å². The molecule has 2 heterocycles. The molecular formula is C26H26N5O+. The van der Waals surface area contributed by atoms with Gasteiger partial charge in [0, 0.05) is 16.8 Å². The van der Waals surface area contributed by atoms with Crippen molar-refractivity contribution in [2.45, 2.75) is 0 Å². The molecule has 0 saturated carbocycles. The molecule has 4 aromatic rings. The van der Waals surface area contributed by atoms with Crippen molar-refractivity contribution >= 4 is 28.2 Å². The molecule has 6 nitrogen and oxygen atoms in total. The SMILES string of the molecule is C[NH+]1CCN(c2ccc(-c3cccc(NC(=O)c4ccc5ccccc5c4)c3)nn2)CC1. The summed E-state index contributed by atoms with van der Waals surface area (Å²) in [5.41, 5.74) is 3.07. The molecule has 0 spiro atoms. The largest absolute Gasteiger partial charge is 0.344 e. The molecule has 1 saturated heterocycles. The van der Waals surface area contributed by atoms with Crippen LogP contribution in [0.3, 0.4) is 0 Å². The number of amides is 1. The maximum Gasteiger partial charge on any atom is 0.255 e. The summed E-state index contributed by atoms with van der Waals surface area (Å²) in [6.45, 7) is 4.22. The molecule has 0 aliphatic carbocycles. The van der Waals surface area contributed by atoms with E-state index in [1.165, 1.54) is 0 Å². The number of carbonyl (C=O) groups excluding carboxylic acids is 1. The van der Waals surface area contributed by atoms with E-state index in [9.17, 15) is 4.79 Å². The van der Waals surface area contributed by atoms with E-state index < -0.39 is 0 Å². The number of rotatable bonds is 4. The average Bonchev–Trinajstić information content (AvgIpc) is 2.84. The Morgan fingerprint density at radius 2 is 1.69 bits per heavy atom. The molecule has 6 heteroatoms. The van der Waals surface area contributed by atoms with E-state index in [1.54, 1.807) is 4.90 Å². The van der Waals surface area contributed by atoms with Crippen molar-refractivity contribution in [2.75, 3.05) is 43.4 Å². The van der Waals surface area contributed by atoms with Crippen LogP contribution in [-0.4, -0.2) is 49.3 Å². The van der Waals surface area contributed by atoms with Crippen LogP contribution in [-0.2, 0) is 0 Å². The van der Waals surface area contributed by atoms with Crippen LogP contribution in [0.1, 0.15) is 10.4 Å². The molecule has 1 fully saturated rings. The lowest BCUT2D eigenvalue weighted by atomic mass is 10.1. The minimum Gasteiger partial charge on any atom is -0.344 e. The van der Waals surface area contributed by atoms with Crippen molar-refractivity contribution < 1.29 is 9.69 Å². The van der Waals surface area contributed by atoms with Gasteiger partial charge in [-0.1, -0.05) is 42.5 Å². The molecule has 0 unspecified atom stereocenters. The number of fused-ring (bicyclic) bond motifs is 1. The third kappa shape index (κ3) is 4.31. The highest BCUT2D eigenvalue weighted by atomic mass is 16.1. The number of carbonyl (C=O) groups is 1. The summed E-state index contributed by atoms with van der Waals surface area (Å²) in [6, 6.07) is 25.5. The molecule has 1 aromatic heterocycles.